The van der Waals surface area contributed by atoms with Crippen LogP contribution in [0.2, 0.25) is 0 Å². The summed E-state index contributed by atoms with van der Waals surface area (Å²) in [5, 5.41) is 10.4. The third-order valence-corrected chi connectivity index (χ3v) is 7.08. The lowest BCUT2D eigenvalue weighted by Gasteiger charge is -2.50. The first kappa shape index (κ1) is 14.4. The lowest BCUT2D eigenvalue weighted by atomic mass is 9.55. The number of rotatable bonds is 1. The van der Waals surface area contributed by atoms with E-state index in [4.69, 9.17) is 0 Å². The summed E-state index contributed by atoms with van der Waals surface area (Å²) >= 11 is 0. The third kappa shape index (κ3) is 1.93. The molecule has 4 rings (SSSR count). The summed E-state index contributed by atoms with van der Waals surface area (Å²) in [6.45, 7) is 3.97. The van der Waals surface area contributed by atoms with E-state index in [1.54, 1.807) is 6.92 Å². The third-order valence-electron chi connectivity index (χ3n) is 7.08. The molecule has 0 saturated heterocycles. The zero-order chi connectivity index (χ0) is 15.5. The lowest BCUT2D eigenvalue weighted by molar-refractivity contribution is -0.0226. The highest BCUT2D eigenvalue weighted by atomic mass is 16.3. The zero-order valence-electron chi connectivity index (χ0n) is 13.6. The Hall–Kier alpha value is -1.15. The molecule has 22 heavy (non-hydrogen) atoms. The number of carbonyl (C=O) groups is 1. The first-order valence-corrected chi connectivity index (χ1v) is 8.82. The molecular weight excluding hydrogens is 272 g/mol. The van der Waals surface area contributed by atoms with Crippen molar-refractivity contribution in [3.8, 4) is 0 Å². The molecule has 1 N–H and O–H groups in total. The molecule has 5 atom stereocenters. The fraction of sp³-hybridized carbons (Fsp3) is 0.650. The Morgan fingerprint density at radius 3 is 2.82 bits per heavy atom. The van der Waals surface area contributed by atoms with Crippen LogP contribution in [0, 0.1) is 17.3 Å². The summed E-state index contributed by atoms with van der Waals surface area (Å²) in [7, 11) is 0. The van der Waals surface area contributed by atoms with Crippen molar-refractivity contribution in [1.29, 1.82) is 0 Å². The Bertz CT molecular complexity index is 620. The van der Waals surface area contributed by atoms with Crippen LogP contribution in [-0.2, 0) is 6.42 Å². The van der Waals surface area contributed by atoms with E-state index in [0.717, 1.165) is 30.7 Å². The second-order valence-electron chi connectivity index (χ2n) is 8.02. The van der Waals surface area contributed by atoms with Gasteiger partial charge >= 0.3 is 0 Å². The molecule has 2 fully saturated rings. The van der Waals surface area contributed by atoms with Gasteiger partial charge in [-0.25, -0.2) is 0 Å². The van der Waals surface area contributed by atoms with E-state index in [2.05, 4.69) is 19.1 Å². The van der Waals surface area contributed by atoms with E-state index in [9.17, 15) is 9.90 Å². The Kier molecular flexibility index (Phi) is 3.23. The molecule has 2 heteroatoms. The van der Waals surface area contributed by atoms with Gasteiger partial charge in [-0.3, -0.25) is 4.79 Å². The van der Waals surface area contributed by atoms with Crippen LogP contribution in [0.4, 0.5) is 0 Å². The number of benzene rings is 1. The minimum absolute atomic E-state index is 0.0973. The predicted octanol–water partition coefficient (Wildman–Crippen LogP) is 4.11. The highest BCUT2D eigenvalue weighted by molar-refractivity contribution is 5.94. The highest BCUT2D eigenvalue weighted by Crippen LogP contribution is 2.60. The SMILES string of the molecule is CC(=O)c1ccc2c(c1)CC[C@@H]1[C@@H]2CC[C@]2(C)[C@@H](O)CC[C@@H]12. The van der Waals surface area contributed by atoms with Gasteiger partial charge in [0, 0.05) is 5.56 Å². The molecule has 0 aliphatic heterocycles. The minimum atomic E-state index is -0.0973. The second kappa shape index (κ2) is 4.92. The number of hydrogen-bond donors (Lipinski definition) is 1. The molecule has 0 amide bonds. The van der Waals surface area contributed by atoms with Crippen molar-refractivity contribution in [2.24, 2.45) is 17.3 Å². The van der Waals surface area contributed by atoms with Crippen molar-refractivity contribution in [2.45, 2.75) is 64.4 Å². The minimum Gasteiger partial charge on any atom is -0.393 e. The quantitative estimate of drug-likeness (QED) is 0.792. The summed E-state index contributed by atoms with van der Waals surface area (Å²) in [6.07, 6.45) is 6.75. The normalized spacial score (nSPS) is 39.8. The van der Waals surface area contributed by atoms with Crippen LogP contribution in [0.5, 0.6) is 0 Å². The molecule has 3 aliphatic rings. The fourth-order valence-corrected chi connectivity index (χ4v) is 5.77. The molecular formula is C20H26O2. The number of carbonyl (C=O) groups excluding carboxylic acids is 1. The fourth-order valence-electron chi connectivity index (χ4n) is 5.77. The smallest absolute Gasteiger partial charge is 0.159 e. The van der Waals surface area contributed by atoms with Crippen molar-refractivity contribution in [3.05, 3.63) is 34.9 Å². The van der Waals surface area contributed by atoms with Crippen LogP contribution in [-0.4, -0.2) is 17.0 Å². The van der Waals surface area contributed by atoms with Crippen LogP contribution < -0.4 is 0 Å². The molecule has 0 aromatic heterocycles. The predicted molar refractivity (Wildman–Crippen MR) is 87.1 cm³/mol. The topological polar surface area (TPSA) is 37.3 Å². The molecule has 0 radical (unpaired) electrons. The molecule has 0 spiro atoms. The molecule has 3 aliphatic carbocycles. The van der Waals surface area contributed by atoms with Crippen LogP contribution in [0.3, 0.4) is 0 Å². The van der Waals surface area contributed by atoms with Crippen LogP contribution >= 0.6 is 0 Å². The van der Waals surface area contributed by atoms with E-state index >= 15 is 0 Å². The van der Waals surface area contributed by atoms with Gasteiger partial charge in [0.05, 0.1) is 6.10 Å². The Labute approximate surface area is 132 Å². The van der Waals surface area contributed by atoms with Gasteiger partial charge in [-0.2, -0.15) is 0 Å². The largest absolute Gasteiger partial charge is 0.393 e. The number of ketones is 1. The average Bonchev–Trinajstić information content (AvgIpc) is 2.82. The first-order valence-electron chi connectivity index (χ1n) is 8.82. The molecule has 0 unspecified atom stereocenters. The number of aryl methyl sites for hydroxylation is 1. The monoisotopic (exact) mass is 298 g/mol. The van der Waals surface area contributed by atoms with E-state index in [1.165, 1.54) is 30.4 Å². The number of hydrogen-bond acceptors (Lipinski definition) is 2. The zero-order valence-corrected chi connectivity index (χ0v) is 13.6. The maximum Gasteiger partial charge on any atom is 0.159 e. The molecule has 118 valence electrons. The van der Waals surface area contributed by atoms with E-state index in [-0.39, 0.29) is 17.3 Å². The summed E-state index contributed by atoms with van der Waals surface area (Å²) in [5.74, 6) is 2.22. The van der Waals surface area contributed by atoms with Gasteiger partial charge in [-0.05, 0) is 85.8 Å². The van der Waals surface area contributed by atoms with Crippen molar-refractivity contribution >= 4 is 5.78 Å². The van der Waals surface area contributed by atoms with Gasteiger partial charge in [-0.15, -0.1) is 0 Å². The Balaban J connectivity index is 1.69. The molecule has 1 aromatic carbocycles. The van der Waals surface area contributed by atoms with Gasteiger partial charge in [0.25, 0.3) is 0 Å². The van der Waals surface area contributed by atoms with Gasteiger partial charge in [-0.1, -0.05) is 19.1 Å². The van der Waals surface area contributed by atoms with Crippen LogP contribution in [0.1, 0.15) is 73.4 Å². The van der Waals surface area contributed by atoms with Gasteiger partial charge in [0.15, 0.2) is 5.78 Å². The van der Waals surface area contributed by atoms with Crippen molar-refractivity contribution in [3.63, 3.8) is 0 Å². The van der Waals surface area contributed by atoms with E-state index in [1.807, 2.05) is 6.07 Å². The maximum atomic E-state index is 11.6. The Morgan fingerprint density at radius 2 is 2.05 bits per heavy atom. The summed E-state index contributed by atoms with van der Waals surface area (Å²) < 4.78 is 0. The van der Waals surface area contributed by atoms with Gasteiger partial charge in [0.1, 0.15) is 0 Å². The van der Waals surface area contributed by atoms with E-state index in [0.29, 0.717) is 11.8 Å². The average molecular weight is 298 g/mol. The van der Waals surface area contributed by atoms with Crippen molar-refractivity contribution in [2.75, 3.05) is 0 Å². The summed E-state index contributed by atoms with van der Waals surface area (Å²) in [4.78, 5) is 11.6. The highest BCUT2D eigenvalue weighted by Gasteiger charge is 2.54. The van der Waals surface area contributed by atoms with E-state index < -0.39 is 0 Å². The lowest BCUT2D eigenvalue weighted by Crippen LogP contribution is -2.43. The number of aliphatic hydroxyl groups excluding tert-OH is 1. The van der Waals surface area contributed by atoms with Gasteiger partial charge < -0.3 is 5.11 Å². The maximum absolute atomic E-state index is 11.6. The molecule has 0 bridgehead atoms. The standard InChI is InChI=1S/C20H26O2/c1-12(21)13-3-5-15-14(11-13)4-6-17-16(15)9-10-20(2)18(17)7-8-19(20)22/h3,5,11,16-19,22H,4,6-10H2,1-2H3/t16-,17-,18+,19+,20+/m1/s1. The van der Waals surface area contributed by atoms with Crippen LogP contribution in [0.25, 0.3) is 0 Å². The second-order valence-corrected chi connectivity index (χ2v) is 8.02. The van der Waals surface area contributed by atoms with Gasteiger partial charge in [0.2, 0.25) is 0 Å². The molecule has 2 nitrogen and oxygen atoms in total. The Morgan fingerprint density at radius 1 is 1.23 bits per heavy atom. The summed E-state index contributed by atoms with van der Waals surface area (Å²) in [6, 6.07) is 6.36. The number of aliphatic hydroxyl groups is 1. The number of fused-ring (bicyclic) bond motifs is 5. The molecule has 0 heterocycles. The summed E-state index contributed by atoms with van der Waals surface area (Å²) in [5.41, 5.74) is 3.90. The number of Topliss-reactive ketones (excluding diaryl/α,β-unsaturated/α-hetero) is 1. The van der Waals surface area contributed by atoms with Crippen LogP contribution in [0.15, 0.2) is 18.2 Å². The van der Waals surface area contributed by atoms with Crippen molar-refractivity contribution < 1.29 is 9.90 Å². The molecule has 2 saturated carbocycles. The van der Waals surface area contributed by atoms with Crippen molar-refractivity contribution in [1.82, 2.24) is 0 Å². The molecule has 1 aromatic rings. The first-order chi connectivity index (χ1) is 10.5.